The maximum absolute atomic E-state index is 11.9. The molecule has 20 heavy (non-hydrogen) atoms. The normalized spacial score (nSPS) is 12.3. The molecule has 2 N–H and O–H groups in total. The van der Waals surface area contributed by atoms with Crippen LogP contribution in [0.1, 0.15) is 35.2 Å². The van der Waals surface area contributed by atoms with Crippen LogP contribution in [0, 0.1) is 13.8 Å². The summed E-state index contributed by atoms with van der Waals surface area (Å²) in [7, 11) is 0. The van der Waals surface area contributed by atoms with Gasteiger partial charge in [0, 0.05) is 35.9 Å². The fourth-order valence-electron chi connectivity index (χ4n) is 2.14. The molecule has 5 heteroatoms. The first-order chi connectivity index (χ1) is 9.56. The Morgan fingerprint density at radius 3 is 2.90 bits per heavy atom. The Bertz CT molecular complexity index is 560. The largest absolute Gasteiger partial charge is 0.353 e. The first-order valence-electron chi connectivity index (χ1n) is 6.88. The first kappa shape index (κ1) is 14.8. The SMILES string of the molecule is Cc1[nH]nc(CCC(=O)NC(C)Cc2cccs2)c1C. The van der Waals surface area contributed by atoms with Gasteiger partial charge in [0.05, 0.1) is 5.69 Å². The van der Waals surface area contributed by atoms with E-state index >= 15 is 0 Å². The molecule has 108 valence electrons. The van der Waals surface area contributed by atoms with Gasteiger partial charge in [0.25, 0.3) is 0 Å². The van der Waals surface area contributed by atoms with Gasteiger partial charge >= 0.3 is 0 Å². The van der Waals surface area contributed by atoms with E-state index in [1.165, 1.54) is 4.88 Å². The van der Waals surface area contributed by atoms with Crippen molar-refractivity contribution in [1.82, 2.24) is 15.5 Å². The number of aromatic nitrogens is 2. The van der Waals surface area contributed by atoms with Crippen LogP contribution in [0.2, 0.25) is 0 Å². The lowest BCUT2D eigenvalue weighted by Crippen LogP contribution is -2.34. The van der Waals surface area contributed by atoms with Gasteiger partial charge < -0.3 is 5.32 Å². The fourth-order valence-corrected chi connectivity index (χ4v) is 2.97. The third-order valence-electron chi connectivity index (χ3n) is 3.44. The van der Waals surface area contributed by atoms with Crippen LogP contribution in [-0.2, 0) is 17.6 Å². The van der Waals surface area contributed by atoms with E-state index in [9.17, 15) is 4.79 Å². The molecule has 0 spiro atoms. The predicted molar refractivity (Wildman–Crippen MR) is 82.0 cm³/mol. The molecular weight excluding hydrogens is 270 g/mol. The van der Waals surface area contributed by atoms with Crippen LogP contribution < -0.4 is 5.32 Å². The Hall–Kier alpha value is -1.62. The fraction of sp³-hybridized carbons (Fsp3) is 0.467. The van der Waals surface area contributed by atoms with Gasteiger partial charge in [-0.3, -0.25) is 9.89 Å². The van der Waals surface area contributed by atoms with Gasteiger partial charge in [0.1, 0.15) is 0 Å². The van der Waals surface area contributed by atoms with E-state index < -0.39 is 0 Å². The number of nitrogens with one attached hydrogen (secondary N) is 2. The number of aryl methyl sites for hydroxylation is 2. The molecule has 2 aromatic rings. The van der Waals surface area contributed by atoms with E-state index in [0.29, 0.717) is 12.8 Å². The lowest BCUT2D eigenvalue weighted by atomic mass is 10.1. The Morgan fingerprint density at radius 1 is 1.50 bits per heavy atom. The molecule has 2 heterocycles. The molecule has 1 atom stereocenters. The van der Waals surface area contributed by atoms with E-state index in [2.05, 4.69) is 27.0 Å². The van der Waals surface area contributed by atoms with Crippen molar-refractivity contribution in [2.75, 3.05) is 0 Å². The predicted octanol–water partition coefficient (Wildman–Crippen LogP) is 2.77. The van der Waals surface area contributed by atoms with Gasteiger partial charge in [0.15, 0.2) is 0 Å². The van der Waals surface area contributed by atoms with Gasteiger partial charge in [-0.05, 0) is 37.8 Å². The van der Waals surface area contributed by atoms with Crippen molar-refractivity contribution >= 4 is 17.2 Å². The van der Waals surface area contributed by atoms with Gasteiger partial charge in [-0.1, -0.05) is 6.07 Å². The van der Waals surface area contributed by atoms with Crippen molar-refractivity contribution in [1.29, 1.82) is 0 Å². The Kier molecular flexibility index (Phi) is 4.95. The van der Waals surface area contributed by atoms with Crippen LogP contribution in [0.15, 0.2) is 17.5 Å². The minimum Gasteiger partial charge on any atom is -0.353 e. The van der Waals surface area contributed by atoms with Crippen molar-refractivity contribution in [3.8, 4) is 0 Å². The molecular formula is C15H21N3OS. The first-order valence-corrected chi connectivity index (χ1v) is 7.76. The molecule has 2 rings (SSSR count). The van der Waals surface area contributed by atoms with E-state index in [0.717, 1.165) is 23.4 Å². The molecule has 0 aliphatic heterocycles. The zero-order chi connectivity index (χ0) is 14.5. The number of H-pyrrole nitrogens is 1. The number of aromatic amines is 1. The highest BCUT2D eigenvalue weighted by molar-refractivity contribution is 7.09. The summed E-state index contributed by atoms with van der Waals surface area (Å²) in [4.78, 5) is 13.2. The summed E-state index contributed by atoms with van der Waals surface area (Å²) in [5.74, 6) is 0.0918. The molecule has 0 aliphatic rings. The van der Waals surface area contributed by atoms with Crippen molar-refractivity contribution in [2.45, 2.75) is 46.1 Å². The molecule has 0 fully saturated rings. The van der Waals surface area contributed by atoms with E-state index in [1.807, 2.05) is 26.8 Å². The molecule has 4 nitrogen and oxygen atoms in total. The number of hydrogen-bond acceptors (Lipinski definition) is 3. The Labute approximate surface area is 123 Å². The third kappa shape index (κ3) is 3.93. The summed E-state index contributed by atoms with van der Waals surface area (Å²) in [5, 5.41) is 12.3. The Morgan fingerprint density at radius 2 is 2.30 bits per heavy atom. The second-order valence-corrected chi connectivity index (χ2v) is 6.20. The lowest BCUT2D eigenvalue weighted by molar-refractivity contribution is -0.121. The van der Waals surface area contributed by atoms with Crippen LogP contribution in [0.3, 0.4) is 0 Å². The summed E-state index contributed by atoms with van der Waals surface area (Å²) < 4.78 is 0. The van der Waals surface area contributed by atoms with E-state index in [1.54, 1.807) is 11.3 Å². The average molecular weight is 291 g/mol. The topological polar surface area (TPSA) is 57.8 Å². The van der Waals surface area contributed by atoms with Crippen molar-refractivity contribution in [3.63, 3.8) is 0 Å². The summed E-state index contributed by atoms with van der Waals surface area (Å²) in [6.07, 6.45) is 2.07. The molecule has 0 bridgehead atoms. The highest BCUT2D eigenvalue weighted by Crippen LogP contribution is 2.12. The summed E-state index contributed by atoms with van der Waals surface area (Å²) in [5.41, 5.74) is 3.22. The van der Waals surface area contributed by atoms with Crippen LogP contribution in [0.5, 0.6) is 0 Å². The maximum Gasteiger partial charge on any atom is 0.220 e. The van der Waals surface area contributed by atoms with Gasteiger partial charge in [-0.25, -0.2) is 0 Å². The third-order valence-corrected chi connectivity index (χ3v) is 4.34. The zero-order valence-corrected chi connectivity index (χ0v) is 13.0. The number of nitrogens with zero attached hydrogens (tertiary/aromatic N) is 1. The van der Waals surface area contributed by atoms with Gasteiger partial charge in [-0.2, -0.15) is 5.10 Å². The molecule has 1 unspecified atom stereocenters. The second kappa shape index (κ2) is 6.70. The van der Waals surface area contributed by atoms with Gasteiger partial charge in [0.2, 0.25) is 5.91 Å². The molecule has 0 saturated carbocycles. The molecule has 0 aliphatic carbocycles. The summed E-state index contributed by atoms with van der Waals surface area (Å²) >= 11 is 1.73. The monoisotopic (exact) mass is 291 g/mol. The molecule has 0 aromatic carbocycles. The molecule has 0 saturated heterocycles. The zero-order valence-electron chi connectivity index (χ0n) is 12.2. The number of carbonyl (C=O) groups is 1. The lowest BCUT2D eigenvalue weighted by Gasteiger charge is -2.12. The Balaban J connectivity index is 1.76. The number of thiophene rings is 1. The summed E-state index contributed by atoms with van der Waals surface area (Å²) in [6.45, 7) is 6.07. The number of carbonyl (C=O) groups excluding carboxylic acids is 1. The quantitative estimate of drug-likeness (QED) is 0.860. The maximum atomic E-state index is 11.9. The van der Waals surface area contributed by atoms with Crippen LogP contribution in [0.4, 0.5) is 0 Å². The molecule has 2 aromatic heterocycles. The average Bonchev–Trinajstić information content (AvgIpc) is 3.00. The smallest absolute Gasteiger partial charge is 0.220 e. The van der Waals surface area contributed by atoms with Crippen LogP contribution >= 0.6 is 11.3 Å². The second-order valence-electron chi connectivity index (χ2n) is 5.17. The molecule has 1 amide bonds. The standard InChI is InChI=1S/C15H21N3OS/c1-10(9-13-5-4-8-20-13)16-15(19)7-6-14-11(2)12(3)17-18-14/h4-5,8,10H,6-7,9H2,1-3H3,(H,16,19)(H,17,18). The van der Waals surface area contributed by atoms with E-state index in [-0.39, 0.29) is 11.9 Å². The minimum absolute atomic E-state index is 0.0918. The van der Waals surface area contributed by atoms with Crippen molar-refractivity contribution in [2.24, 2.45) is 0 Å². The number of hydrogen-bond donors (Lipinski definition) is 2. The number of amides is 1. The highest BCUT2D eigenvalue weighted by Gasteiger charge is 2.11. The molecule has 0 radical (unpaired) electrons. The van der Waals surface area contributed by atoms with Crippen LogP contribution in [0.25, 0.3) is 0 Å². The minimum atomic E-state index is 0.0918. The number of rotatable bonds is 6. The highest BCUT2D eigenvalue weighted by atomic mass is 32.1. The van der Waals surface area contributed by atoms with Gasteiger partial charge in [-0.15, -0.1) is 11.3 Å². The van der Waals surface area contributed by atoms with Crippen LogP contribution in [-0.4, -0.2) is 22.1 Å². The van der Waals surface area contributed by atoms with Crippen molar-refractivity contribution < 1.29 is 4.79 Å². The summed E-state index contributed by atoms with van der Waals surface area (Å²) in [6, 6.07) is 4.31. The van der Waals surface area contributed by atoms with Crippen molar-refractivity contribution in [3.05, 3.63) is 39.3 Å². The van der Waals surface area contributed by atoms with E-state index in [4.69, 9.17) is 0 Å².